The lowest BCUT2D eigenvalue weighted by atomic mass is 10.0. The molecule has 0 radical (unpaired) electrons. The third-order valence-electron chi connectivity index (χ3n) is 3.34. The summed E-state index contributed by atoms with van der Waals surface area (Å²) < 4.78 is 0. The van der Waals surface area contributed by atoms with Crippen molar-refractivity contribution in [2.24, 2.45) is 0 Å². The number of nitrogens with one attached hydrogen (secondary N) is 1. The molecule has 0 saturated heterocycles. The minimum absolute atomic E-state index is 0.134. The first-order valence-electron chi connectivity index (χ1n) is 7.29. The summed E-state index contributed by atoms with van der Waals surface area (Å²) in [6.45, 7) is 4.20. The molecule has 0 fully saturated rings. The average molecular weight is 327 g/mol. The summed E-state index contributed by atoms with van der Waals surface area (Å²) in [4.78, 5) is 25.4. The Labute approximate surface area is 138 Å². The number of carbonyl (C=O) groups is 1. The molecule has 2 N–H and O–H groups in total. The molecule has 7 heteroatoms. The SMILES string of the molecule is CC(C)c1ccc(/C=C/C(=O)Nc2ncc([N+](=O)[O-])cc2O)cc1. The monoisotopic (exact) mass is 327 g/mol. The third kappa shape index (κ3) is 4.39. The van der Waals surface area contributed by atoms with Crippen molar-refractivity contribution in [2.45, 2.75) is 19.8 Å². The Morgan fingerprint density at radius 3 is 2.54 bits per heavy atom. The van der Waals surface area contributed by atoms with Gasteiger partial charge in [0.2, 0.25) is 5.91 Å². The minimum Gasteiger partial charge on any atom is -0.504 e. The van der Waals surface area contributed by atoms with E-state index in [9.17, 15) is 20.0 Å². The average Bonchev–Trinajstić information content (AvgIpc) is 2.55. The highest BCUT2D eigenvalue weighted by Gasteiger charge is 2.12. The predicted molar refractivity (Wildman–Crippen MR) is 90.8 cm³/mol. The van der Waals surface area contributed by atoms with Gasteiger partial charge in [0.25, 0.3) is 5.69 Å². The van der Waals surface area contributed by atoms with Crippen LogP contribution in [0.15, 0.2) is 42.6 Å². The van der Waals surface area contributed by atoms with Gasteiger partial charge < -0.3 is 10.4 Å². The maximum atomic E-state index is 11.8. The van der Waals surface area contributed by atoms with Gasteiger partial charge in [0, 0.05) is 6.08 Å². The van der Waals surface area contributed by atoms with Gasteiger partial charge in [-0.1, -0.05) is 38.1 Å². The Morgan fingerprint density at radius 1 is 1.33 bits per heavy atom. The van der Waals surface area contributed by atoms with Crippen LogP contribution in [-0.4, -0.2) is 20.9 Å². The third-order valence-corrected chi connectivity index (χ3v) is 3.34. The van der Waals surface area contributed by atoms with Gasteiger partial charge in [-0.25, -0.2) is 4.98 Å². The standard InChI is InChI=1S/C17H17N3O4/c1-11(2)13-6-3-12(4-7-13)5-8-16(22)19-17-15(21)9-14(10-18-17)20(23)24/h3-11,21H,1-2H3,(H,18,19,22)/b8-5+. The second-order valence-electron chi connectivity index (χ2n) is 5.46. The molecule has 1 heterocycles. The molecule has 2 aromatic rings. The number of rotatable bonds is 5. The van der Waals surface area contributed by atoms with Gasteiger partial charge in [-0.05, 0) is 23.1 Å². The summed E-state index contributed by atoms with van der Waals surface area (Å²) in [6, 6.07) is 8.72. The van der Waals surface area contributed by atoms with Crippen LogP contribution in [0.4, 0.5) is 11.5 Å². The van der Waals surface area contributed by atoms with Gasteiger partial charge in [-0.15, -0.1) is 0 Å². The maximum absolute atomic E-state index is 11.8. The Hall–Kier alpha value is -3.22. The number of nitrogens with zero attached hydrogens (tertiary/aromatic N) is 2. The molecule has 0 aliphatic rings. The largest absolute Gasteiger partial charge is 0.504 e. The van der Waals surface area contributed by atoms with Crippen LogP contribution < -0.4 is 5.32 Å². The second kappa shape index (κ2) is 7.36. The molecular formula is C17H17N3O4. The predicted octanol–water partition coefficient (Wildman–Crippen LogP) is 3.47. The highest BCUT2D eigenvalue weighted by Crippen LogP contribution is 2.24. The van der Waals surface area contributed by atoms with E-state index in [0.717, 1.165) is 17.8 Å². The number of pyridine rings is 1. The van der Waals surface area contributed by atoms with E-state index >= 15 is 0 Å². The summed E-state index contributed by atoms with van der Waals surface area (Å²) >= 11 is 0. The second-order valence-corrected chi connectivity index (χ2v) is 5.46. The van der Waals surface area contributed by atoms with E-state index in [1.54, 1.807) is 6.08 Å². The van der Waals surface area contributed by atoms with Gasteiger partial charge >= 0.3 is 0 Å². The first-order chi connectivity index (χ1) is 11.4. The zero-order chi connectivity index (χ0) is 17.7. The lowest BCUT2D eigenvalue weighted by Crippen LogP contribution is -2.09. The van der Waals surface area contributed by atoms with E-state index in [4.69, 9.17) is 0 Å². The number of hydrogen-bond acceptors (Lipinski definition) is 5. The van der Waals surface area contributed by atoms with Crippen LogP contribution in [0, 0.1) is 10.1 Å². The maximum Gasteiger partial charge on any atom is 0.291 e. The zero-order valence-corrected chi connectivity index (χ0v) is 13.3. The Bertz CT molecular complexity index is 783. The van der Waals surface area contributed by atoms with Crippen molar-refractivity contribution >= 4 is 23.5 Å². The molecule has 0 unspecified atom stereocenters. The molecule has 124 valence electrons. The summed E-state index contributed by atoms with van der Waals surface area (Å²) in [5, 5.41) is 22.6. The molecule has 0 spiro atoms. The van der Waals surface area contributed by atoms with Crippen LogP contribution in [-0.2, 0) is 4.79 Å². The lowest BCUT2D eigenvalue weighted by molar-refractivity contribution is -0.385. The smallest absolute Gasteiger partial charge is 0.291 e. The Kier molecular flexibility index (Phi) is 5.26. The number of aromatic hydroxyl groups is 1. The first-order valence-corrected chi connectivity index (χ1v) is 7.29. The van der Waals surface area contributed by atoms with Crippen molar-refractivity contribution in [2.75, 3.05) is 5.32 Å². The van der Waals surface area contributed by atoms with Crippen molar-refractivity contribution in [1.29, 1.82) is 0 Å². The van der Waals surface area contributed by atoms with Crippen LogP contribution in [0.25, 0.3) is 6.08 Å². The van der Waals surface area contributed by atoms with E-state index in [-0.39, 0.29) is 11.5 Å². The number of amides is 1. The quantitative estimate of drug-likeness (QED) is 0.497. The topological polar surface area (TPSA) is 105 Å². The van der Waals surface area contributed by atoms with Gasteiger partial charge in [0.15, 0.2) is 11.6 Å². The lowest BCUT2D eigenvalue weighted by Gasteiger charge is -2.05. The number of aromatic nitrogens is 1. The van der Waals surface area contributed by atoms with Crippen LogP contribution in [0.5, 0.6) is 5.75 Å². The van der Waals surface area contributed by atoms with E-state index in [0.29, 0.717) is 5.92 Å². The fraction of sp³-hybridized carbons (Fsp3) is 0.176. The molecule has 1 aromatic heterocycles. The van der Waals surface area contributed by atoms with E-state index in [2.05, 4.69) is 24.1 Å². The molecule has 0 aliphatic heterocycles. The molecule has 1 amide bonds. The highest BCUT2D eigenvalue weighted by atomic mass is 16.6. The molecule has 0 atom stereocenters. The van der Waals surface area contributed by atoms with Crippen molar-refractivity contribution in [3.8, 4) is 5.75 Å². The Balaban J connectivity index is 2.03. The molecule has 0 aliphatic carbocycles. The highest BCUT2D eigenvalue weighted by molar-refractivity contribution is 6.02. The molecule has 24 heavy (non-hydrogen) atoms. The molecule has 0 bridgehead atoms. The minimum atomic E-state index is -0.682. The fourth-order valence-corrected chi connectivity index (χ4v) is 1.96. The van der Waals surface area contributed by atoms with E-state index in [1.165, 1.54) is 11.6 Å². The van der Waals surface area contributed by atoms with E-state index in [1.807, 2.05) is 24.3 Å². The molecule has 1 aromatic carbocycles. The van der Waals surface area contributed by atoms with Crippen LogP contribution in [0.3, 0.4) is 0 Å². The summed E-state index contributed by atoms with van der Waals surface area (Å²) in [5.41, 5.74) is 1.71. The van der Waals surface area contributed by atoms with Gasteiger partial charge in [-0.3, -0.25) is 14.9 Å². The molecule has 7 nitrogen and oxygen atoms in total. The number of nitro groups is 1. The normalized spacial score (nSPS) is 11.0. The van der Waals surface area contributed by atoms with Gasteiger partial charge in [-0.2, -0.15) is 0 Å². The first kappa shape index (κ1) is 17.1. The van der Waals surface area contributed by atoms with Crippen LogP contribution in [0.1, 0.15) is 30.9 Å². The molecule has 0 saturated carbocycles. The van der Waals surface area contributed by atoms with E-state index < -0.39 is 16.6 Å². The van der Waals surface area contributed by atoms with Gasteiger partial charge in [0.1, 0.15) is 6.20 Å². The molecule has 2 rings (SSSR count). The summed E-state index contributed by atoms with van der Waals surface area (Å²) in [6.07, 6.45) is 3.89. The fourth-order valence-electron chi connectivity index (χ4n) is 1.96. The van der Waals surface area contributed by atoms with Gasteiger partial charge in [0.05, 0.1) is 11.0 Å². The number of carbonyl (C=O) groups excluding carboxylic acids is 1. The number of anilines is 1. The van der Waals surface area contributed by atoms with Crippen LogP contribution >= 0.6 is 0 Å². The van der Waals surface area contributed by atoms with Crippen molar-refractivity contribution in [3.63, 3.8) is 0 Å². The molecular weight excluding hydrogens is 310 g/mol. The van der Waals surface area contributed by atoms with Crippen molar-refractivity contribution < 1.29 is 14.8 Å². The summed E-state index contributed by atoms with van der Waals surface area (Å²) in [7, 11) is 0. The number of hydrogen-bond donors (Lipinski definition) is 2. The summed E-state index contributed by atoms with van der Waals surface area (Å²) in [5.74, 6) is -0.667. The van der Waals surface area contributed by atoms with Crippen molar-refractivity contribution in [1.82, 2.24) is 4.98 Å². The number of benzene rings is 1. The van der Waals surface area contributed by atoms with Crippen molar-refractivity contribution in [3.05, 3.63) is 63.8 Å². The Morgan fingerprint density at radius 2 is 2.00 bits per heavy atom. The zero-order valence-electron chi connectivity index (χ0n) is 13.3. The van der Waals surface area contributed by atoms with Crippen LogP contribution in [0.2, 0.25) is 0 Å².